The van der Waals surface area contributed by atoms with E-state index in [1.54, 1.807) is 6.07 Å². The summed E-state index contributed by atoms with van der Waals surface area (Å²) in [4.78, 5) is 18.1. The van der Waals surface area contributed by atoms with E-state index in [1.165, 1.54) is 0 Å². The zero-order valence-corrected chi connectivity index (χ0v) is 27.5. The lowest BCUT2D eigenvalue weighted by molar-refractivity contribution is 0.426. The molecule has 242 valence electrons. The minimum absolute atomic E-state index is 0.391. The maximum Gasteiger partial charge on any atom is 0.489 e. The third-order valence-electron chi connectivity index (χ3n) is 9.45. The highest BCUT2D eigenvalue weighted by atomic mass is 16.4. The number of hydrogen-bond donors (Lipinski definition) is 4. The molecular formula is C44H31BN4O2. The van der Waals surface area contributed by atoms with E-state index in [1.807, 2.05) is 78.9 Å². The van der Waals surface area contributed by atoms with Gasteiger partial charge in [0.1, 0.15) is 0 Å². The summed E-state index contributed by atoms with van der Waals surface area (Å²) in [5, 5.41) is 21.0. The van der Waals surface area contributed by atoms with Crippen molar-refractivity contribution in [2.45, 2.75) is 0 Å². The van der Waals surface area contributed by atoms with Gasteiger partial charge in [-0.1, -0.05) is 115 Å². The summed E-state index contributed by atoms with van der Waals surface area (Å²) in [6.45, 7) is 0. The van der Waals surface area contributed by atoms with Gasteiger partial charge in [0, 0.05) is 44.3 Å². The van der Waals surface area contributed by atoms with Crippen molar-refractivity contribution in [3.63, 3.8) is 0 Å². The first-order valence-electron chi connectivity index (χ1n) is 16.9. The molecule has 0 amide bonds. The molecule has 2 aliphatic heterocycles. The van der Waals surface area contributed by atoms with Crippen molar-refractivity contribution < 1.29 is 10.0 Å². The second-order valence-corrected chi connectivity index (χ2v) is 12.6. The number of rotatable bonds is 5. The fourth-order valence-corrected chi connectivity index (χ4v) is 7.16. The van der Waals surface area contributed by atoms with Crippen LogP contribution in [0.5, 0.6) is 0 Å². The molecule has 4 aromatic carbocycles. The summed E-state index contributed by atoms with van der Waals surface area (Å²) in [7, 11) is -1.67. The number of aromatic nitrogens is 4. The maximum absolute atomic E-state index is 10.5. The summed E-state index contributed by atoms with van der Waals surface area (Å²) < 4.78 is 0. The Kier molecular flexibility index (Phi) is 7.62. The van der Waals surface area contributed by atoms with E-state index in [0.29, 0.717) is 16.7 Å². The van der Waals surface area contributed by atoms with Gasteiger partial charge in [-0.2, -0.15) is 0 Å². The van der Waals surface area contributed by atoms with Gasteiger partial charge in [-0.25, -0.2) is 9.97 Å². The topological polar surface area (TPSA) is 97.8 Å². The Bertz CT molecular complexity index is 2620. The average molecular weight is 659 g/mol. The highest BCUT2D eigenvalue weighted by molar-refractivity contribution is 6.60. The zero-order valence-electron chi connectivity index (χ0n) is 27.5. The van der Waals surface area contributed by atoms with Crippen LogP contribution >= 0.6 is 0 Å². The van der Waals surface area contributed by atoms with Gasteiger partial charge >= 0.3 is 7.12 Å². The molecule has 9 rings (SSSR count). The lowest BCUT2D eigenvalue weighted by Gasteiger charge is -2.10. The third kappa shape index (κ3) is 5.51. The largest absolute Gasteiger partial charge is 0.489 e. The molecule has 0 spiro atoms. The first-order valence-corrected chi connectivity index (χ1v) is 16.9. The second kappa shape index (κ2) is 12.7. The van der Waals surface area contributed by atoms with Gasteiger partial charge < -0.3 is 20.0 Å². The molecule has 4 N–H and O–H groups in total. The predicted molar refractivity (Wildman–Crippen MR) is 210 cm³/mol. The van der Waals surface area contributed by atoms with Gasteiger partial charge in [-0.05, 0) is 76.3 Å². The Labute approximate surface area is 295 Å². The van der Waals surface area contributed by atoms with Crippen LogP contribution in [-0.4, -0.2) is 37.1 Å². The molecule has 6 nitrogen and oxygen atoms in total. The van der Waals surface area contributed by atoms with Crippen LogP contribution < -0.4 is 5.46 Å². The van der Waals surface area contributed by atoms with Crippen molar-refractivity contribution in [1.82, 2.24) is 19.9 Å². The van der Waals surface area contributed by atoms with Crippen molar-refractivity contribution in [2.75, 3.05) is 0 Å². The molecule has 8 bridgehead atoms. The number of H-pyrrole nitrogens is 2. The third-order valence-corrected chi connectivity index (χ3v) is 9.45. The van der Waals surface area contributed by atoms with Crippen LogP contribution in [0.25, 0.3) is 90.9 Å². The smallest absolute Gasteiger partial charge is 0.423 e. The van der Waals surface area contributed by atoms with E-state index in [0.717, 1.165) is 78.1 Å². The number of nitrogens with one attached hydrogen (secondary N) is 2. The molecule has 0 atom stereocenters. The molecule has 7 aromatic rings. The Morgan fingerprint density at radius 2 is 0.706 bits per heavy atom. The monoisotopic (exact) mass is 658 g/mol. The van der Waals surface area contributed by atoms with E-state index in [4.69, 9.17) is 9.97 Å². The lowest BCUT2D eigenvalue weighted by atomic mass is 9.75. The molecule has 0 radical (unpaired) electrons. The summed E-state index contributed by atoms with van der Waals surface area (Å²) in [5.74, 6) is 0. The van der Waals surface area contributed by atoms with Crippen molar-refractivity contribution in [3.05, 3.63) is 162 Å². The van der Waals surface area contributed by atoms with Gasteiger partial charge in [0.25, 0.3) is 0 Å². The van der Waals surface area contributed by atoms with Crippen LogP contribution in [0.15, 0.2) is 140 Å². The van der Waals surface area contributed by atoms with Gasteiger partial charge in [-0.3, -0.25) is 0 Å². The summed E-state index contributed by atoms with van der Waals surface area (Å²) in [6, 6.07) is 46.6. The zero-order chi connectivity index (χ0) is 34.3. The van der Waals surface area contributed by atoms with Gasteiger partial charge in [0.05, 0.1) is 22.8 Å². The Morgan fingerprint density at radius 3 is 1.10 bits per heavy atom. The molecule has 2 aliphatic rings. The molecule has 7 heteroatoms. The number of nitrogens with zero attached hydrogens (tertiary/aromatic N) is 2. The SMILES string of the molecule is OB(O)c1ccccc1-c1c2nc(c(-c3ccccc3)c3ccc([nH]3)c(-c3ccccc3)c3nc(c(-c4ccccc4)c4ccc1[nH]4)C=C3)C=C2. The molecule has 0 unspecified atom stereocenters. The Balaban J connectivity index is 1.49. The summed E-state index contributed by atoms with van der Waals surface area (Å²) >= 11 is 0. The molecule has 0 aliphatic carbocycles. The van der Waals surface area contributed by atoms with Crippen LogP contribution in [-0.2, 0) is 0 Å². The van der Waals surface area contributed by atoms with Crippen molar-refractivity contribution in [3.8, 4) is 44.5 Å². The number of aromatic amines is 2. The molecule has 5 heterocycles. The van der Waals surface area contributed by atoms with Gasteiger partial charge in [0.2, 0.25) is 0 Å². The highest BCUT2D eigenvalue weighted by Crippen LogP contribution is 2.38. The minimum Gasteiger partial charge on any atom is -0.423 e. The molecule has 3 aromatic heterocycles. The summed E-state index contributed by atoms with van der Waals surface area (Å²) in [6.07, 6.45) is 8.21. The van der Waals surface area contributed by atoms with Crippen LogP contribution in [0.4, 0.5) is 0 Å². The normalized spacial score (nSPS) is 12.0. The van der Waals surface area contributed by atoms with Crippen molar-refractivity contribution >= 4 is 59.0 Å². The number of hydrogen-bond acceptors (Lipinski definition) is 4. The lowest BCUT2D eigenvalue weighted by Crippen LogP contribution is -2.31. The van der Waals surface area contributed by atoms with E-state index in [-0.39, 0.29) is 0 Å². The quantitative estimate of drug-likeness (QED) is 0.139. The van der Waals surface area contributed by atoms with Crippen LogP contribution in [0.1, 0.15) is 22.8 Å². The van der Waals surface area contributed by atoms with E-state index in [2.05, 4.69) is 88.9 Å². The molecule has 51 heavy (non-hydrogen) atoms. The first-order chi connectivity index (χ1) is 25.1. The fraction of sp³-hybridized carbons (Fsp3) is 0. The molecule has 0 saturated carbocycles. The first kappa shape index (κ1) is 30.5. The predicted octanol–water partition coefficient (Wildman–Crippen LogP) is 9.00. The highest BCUT2D eigenvalue weighted by Gasteiger charge is 2.22. The van der Waals surface area contributed by atoms with Crippen LogP contribution in [0.2, 0.25) is 0 Å². The van der Waals surface area contributed by atoms with Crippen LogP contribution in [0.3, 0.4) is 0 Å². The maximum atomic E-state index is 10.5. The Hall–Kier alpha value is -6.54. The summed E-state index contributed by atoms with van der Waals surface area (Å²) in [5.41, 5.74) is 14.5. The second-order valence-electron chi connectivity index (χ2n) is 12.6. The van der Waals surface area contributed by atoms with Gasteiger partial charge in [-0.15, -0.1) is 0 Å². The minimum atomic E-state index is -1.67. The van der Waals surface area contributed by atoms with E-state index >= 15 is 0 Å². The number of benzene rings is 4. The molecule has 0 fully saturated rings. The van der Waals surface area contributed by atoms with E-state index in [9.17, 15) is 10.0 Å². The molecule has 0 saturated heterocycles. The molecular weight excluding hydrogens is 627 g/mol. The van der Waals surface area contributed by atoms with Crippen molar-refractivity contribution in [1.29, 1.82) is 0 Å². The fourth-order valence-electron chi connectivity index (χ4n) is 7.16. The Morgan fingerprint density at radius 1 is 0.373 bits per heavy atom. The average Bonchev–Trinajstić information content (AvgIpc) is 4.01. The number of fused-ring (bicyclic) bond motifs is 8. The van der Waals surface area contributed by atoms with E-state index < -0.39 is 7.12 Å². The van der Waals surface area contributed by atoms with Crippen molar-refractivity contribution in [2.24, 2.45) is 0 Å². The van der Waals surface area contributed by atoms with Gasteiger partial charge in [0.15, 0.2) is 0 Å². The standard InChI is InChI=1S/C44H31BN4O2/c50-45(51)32-19-11-10-18-31(32)44-39-26-24-37(48-39)42(29-14-6-2-7-15-29)35-22-20-33(46-35)41(28-12-4-1-5-13-28)34-21-23-36(47-34)43(30-16-8-3-9-17-30)38-25-27-40(44)49-38/h1-27,46,49-51H. The van der Waals surface area contributed by atoms with Crippen LogP contribution in [0, 0.1) is 0 Å².